The molecular formula is C26H22Br2N2O4. The highest BCUT2D eigenvalue weighted by molar-refractivity contribution is 9.10. The molecule has 1 aliphatic rings. The van der Waals surface area contributed by atoms with E-state index < -0.39 is 6.03 Å². The molecule has 0 bridgehead atoms. The monoisotopic (exact) mass is 584 g/mol. The van der Waals surface area contributed by atoms with Gasteiger partial charge in [-0.15, -0.1) is 0 Å². The third-order valence-corrected chi connectivity index (χ3v) is 6.40. The summed E-state index contributed by atoms with van der Waals surface area (Å²) in [6, 6.07) is 18.7. The van der Waals surface area contributed by atoms with Gasteiger partial charge >= 0.3 is 6.03 Å². The average Bonchev–Trinajstić information content (AvgIpc) is 3.07. The van der Waals surface area contributed by atoms with E-state index in [1.807, 2.05) is 61.5 Å². The average molecular weight is 586 g/mol. The number of rotatable bonds is 7. The van der Waals surface area contributed by atoms with Crippen LogP contribution in [0, 0.1) is 6.92 Å². The number of halogens is 2. The first-order valence-electron chi connectivity index (χ1n) is 10.5. The Kier molecular flexibility index (Phi) is 7.38. The van der Waals surface area contributed by atoms with Crippen molar-refractivity contribution in [1.82, 2.24) is 10.2 Å². The third kappa shape index (κ3) is 5.51. The summed E-state index contributed by atoms with van der Waals surface area (Å²) in [4.78, 5) is 26.5. The van der Waals surface area contributed by atoms with E-state index in [-0.39, 0.29) is 18.1 Å². The second-order valence-corrected chi connectivity index (χ2v) is 9.58. The number of imide groups is 1. The van der Waals surface area contributed by atoms with Crippen LogP contribution in [-0.2, 0) is 17.9 Å². The van der Waals surface area contributed by atoms with Gasteiger partial charge in [-0.3, -0.25) is 9.69 Å². The minimum Gasteiger partial charge on any atom is -0.493 e. The van der Waals surface area contributed by atoms with Crippen molar-refractivity contribution in [3.8, 4) is 11.5 Å². The highest BCUT2D eigenvalue weighted by Gasteiger charge is 2.33. The summed E-state index contributed by atoms with van der Waals surface area (Å²) in [5, 5.41) is 2.66. The molecular weight excluding hydrogens is 564 g/mol. The molecule has 3 amide bonds. The number of aryl methyl sites for hydroxylation is 1. The summed E-state index contributed by atoms with van der Waals surface area (Å²) in [7, 11) is 1.56. The highest BCUT2D eigenvalue weighted by Crippen LogP contribution is 2.38. The van der Waals surface area contributed by atoms with Crippen LogP contribution in [0.15, 0.2) is 75.3 Å². The Morgan fingerprint density at radius 2 is 1.65 bits per heavy atom. The van der Waals surface area contributed by atoms with E-state index in [0.29, 0.717) is 28.1 Å². The quantitative estimate of drug-likeness (QED) is 0.265. The molecule has 0 aliphatic carbocycles. The lowest BCUT2D eigenvalue weighted by Crippen LogP contribution is -2.30. The fourth-order valence-electron chi connectivity index (χ4n) is 3.46. The molecule has 0 spiro atoms. The largest absolute Gasteiger partial charge is 0.493 e. The lowest BCUT2D eigenvalue weighted by Gasteiger charge is -2.14. The van der Waals surface area contributed by atoms with Crippen LogP contribution in [-0.4, -0.2) is 23.9 Å². The Labute approximate surface area is 214 Å². The summed E-state index contributed by atoms with van der Waals surface area (Å²) < 4.78 is 13.1. The summed E-state index contributed by atoms with van der Waals surface area (Å²) in [6.07, 6.45) is 1.62. The molecule has 0 aromatic heterocycles. The minimum absolute atomic E-state index is 0.189. The van der Waals surface area contributed by atoms with E-state index in [1.54, 1.807) is 19.3 Å². The van der Waals surface area contributed by atoms with Gasteiger partial charge in [0.15, 0.2) is 11.5 Å². The fraction of sp³-hybridized carbons (Fsp3) is 0.154. The molecule has 1 aliphatic heterocycles. The first kappa shape index (κ1) is 24.0. The van der Waals surface area contributed by atoms with Gasteiger partial charge in [0.2, 0.25) is 0 Å². The van der Waals surface area contributed by atoms with Crippen LogP contribution in [0.5, 0.6) is 11.5 Å². The number of methoxy groups -OCH3 is 1. The maximum Gasteiger partial charge on any atom is 0.329 e. The fourth-order valence-corrected chi connectivity index (χ4v) is 4.30. The summed E-state index contributed by atoms with van der Waals surface area (Å²) in [5.74, 6) is 0.684. The molecule has 34 heavy (non-hydrogen) atoms. The Bertz CT molecular complexity index is 1260. The molecule has 6 nitrogen and oxygen atoms in total. The lowest BCUT2D eigenvalue weighted by molar-refractivity contribution is -0.123. The van der Waals surface area contributed by atoms with Crippen LogP contribution >= 0.6 is 31.9 Å². The first-order chi connectivity index (χ1) is 16.3. The number of carbonyl (C=O) groups is 2. The van der Waals surface area contributed by atoms with Gasteiger partial charge in [-0.1, -0.05) is 57.9 Å². The summed E-state index contributed by atoms with van der Waals surface area (Å²) in [6.45, 7) is 2.61. The van der Waals surface area contributed by atoms with Crippen LogP contribution in [0.2, 0.25) is 0 Å². The standard InChI is InChI=1S/C26H22Br2N2O4/c1-16-3-5-18(6-4-16)15-34-24-21(28)11-19(13-23(24)33-2)12-22-25(31)30(26(32)29-22)14-17-7-9-20(27)10-8-17/h3-13H,14-15H2,1-2H3,(H,29,32)/b22-12+. The number of ether oxygens (including phenoxy) is 2. The second kappa shape index (κ2) is 10.4. The molecule has 1 saturated heterocycles. The van der Waals surface area contributed by atoms with Crippen LogP contribution in [0.1, 0.15) is 22.3 Å². The number of carbonyl (C=O) groups excluding carboxylic acids is 2. The zero-order chi connectivity index (χ0) is 24.2. The van der Waals surface area contributed by atoms with Gasteiger partial charge in [0.1, 0.15) is 12.3 Å². The maximum absolute atomic E-state index is 12.9. The van der Waals surface area contributed by atoms with Gasteiger partial charge in [-0.05, 0) is 69.9 Å². The van der Waals surface area contributed by atoms with Crippen molar-refractivity contribution in [1.29, 1.82) is 0 Å². The minimum atomic E-state index is -0.455. The Hall–Kier alpha value is -3.10. The van der Waals surface area contributed by atoms with Gasteiger partial charge < -0.3 is 14.8 Å². The van der Waals surface area contributed by atoms with Gasteiger partial charge in [0.25, 0.3) is 5.91 Å². The van der Waals surface area contributed by atoms with Crippen molar-refractivity contribution >= 4 is 49.9 Å². The predicted molar refractivity (Wildman–Crippen MR) is 137 cm³/mol. The van der Waals surface area contributed by atoms with Crippen molar-refractivity contribution in [2.24, 2.45) is 0 Å². The highest BCUT2D eigenvalue weighted by atomic mass is 79.9. The Morgan fingerprint density at radius 1 is 0.971 bits per heavy atom. The molecule has 174 valence electrons. The Morgan fingerprint density at radius 3 is 2.32 bits per heavy atom. The molecule has 8 heteroatoms. The first-order valence-corrected chi connectivity index (χ1v) is 12.1. The lowest BCUT2D eigenvalue weighted by atomic mass is 10.1. The summed E-state index contributed by atoms with van der Waals surface area (Å²) in [5.41, 5.74) is 3.96. The van der Waals surface area contributed by atoms with Crippen molar-refractivity contribution < 1.29 is 19.1 Å². The molecule has 0 unspecified atom stereocenters. The number of amides is 3. The van der Waals surface area contributed by atoms with E-state index in [0.717, 1.165) is 15.6 Å². The smallest absolute Gasteiger partial charge is 0.329 e. The van der Waals surface area contributed by atoms with E-state index in [1.165, 1.54) is 10.5 Å². The number of urea groups is 1. The van der Waals surface area contributed by atoms with Crippen molar-refractivity contribution in [3.05, 3.63) is 97.6 Å². The van der Waals surface area contributed by atoms with Crippen molar-refractivity contribution in [2.75, 3.05) is 7.11 Å². The number of nitrogens with zero attached hydrogens (tertiary/aromatic N) is 1. The van der Waals surface area contributed by atoms with E-state index >= 15 is 0 Å². The van der Waals surface area contributed by atoms with Crippen molar-refractivity contribution in [2.45, 2.75) is 20.1 Å². The maximum atomic E-state index is 12.9. The zero-order valence-electron chi connectivity index (χ0n) is 18.6. The third-order valence-electron chi connectivity index (χ3n) is 5.28. The molecule has 4 rings (SSSR count). The Balaban J connectivity index is 1.52. The normalized spacial score (nSPS) is 14.5. The van der Waals surface area contributed by atoms with Crippen LogP contribution in [0.25, 0.3) is 6.08 Å². The number of hydrogen-bond acceptors (Lipinski definition) is 4. The number of benzene rings is 3. The zero-order valence-corrected chi connectivity index (χ0v) is 21.8. The van der Waals surface area contributed by atoms with E-state index in [2.05, 4.69) is 37.2 Å². The molecule has 1 fully saturated rings. The van der Waals surface area contributed by atoms with Crippen LogP contribution in [0.4, 0.5) is 4.79 Å². The van der Waals surface area contributed by atoms with E-state index in [4.69, 9.17) is 9.47 Å². The molecule has 3 aromatic carbocycles. The van der Waals surface area contributed by atoms with Gasteiger partial charge in [0, 0.05) is 4.47 Å². The molecule has 0 saturated carbocycles. The predicted octanol–water partition coefficient (Wildman–Crippen LogP) is 6.20. The van der Waals surface area contributed by atoms with Crippen LogP contribution in [0.3, 0.4) is 0 Å². The summed E-state index contributed by atoms with van der Waals surface area (Å²) >= 11 is 6.92. The van der Waals surface area contributed by atoms with E-state index in [9.17, 15) is 9.59 Å². The SMILES string of the molecule is COc1cc(/C=C2/NC(=O)N(Cc3ccc(Br)cc3)C2=O)cc(Br)c1OCc1ccc(C)cc1. The topological polar surface area (TPSA) is 67.9 Å². The molecule has 1 heterocycles. The van der Waals surface area contributed by atoms with Crippen LogP contribution < -0.4 is 14.8 Å². The molecule has 0 radical (unpaired) electrons. The number of hydrogen-bond donors (Lipinski definition) is 1. The molecule has 1 N–H and O–H groups in total. The van der Waals surface area contributed by atoms with Crippen molar-refractivity contribution in [3.63, 3.8) is 0 Å². The molecule has 3 aromatic rings. The van der Waals surface area contributed by atoms with Gasteiger partial charge in [-0.2, -0.15) is 0 Å². The number of nitrogens with one attached hydrogen (secondary N) is 1. The second-order valence-electron chi connectivity index (χ2n) is 7.81. The van der Waals surface area contributed by atoms with Gasteiger partial charge in [0.05, 0.1) is 18.1 Å². The van der Waals surface area contributed by atoms with Gasteiger partial charge in [-0.25, -0.2) is 4.79 Å². The molecule has 0 atom stereocenters.